The summed E-state index contributed by atoms with van der Waals surface area (Å²) in [5, 5.41) is 0. The monoisotopic (exact) mass is 168 g/mol. The highest BCUT2D eigenvalue weighted by molar-refractivity contribution is 5.81. The Morgan fingerprint density at radius 3 is 2.25 bits per heavy atom. The quantitative estimate of drug-likeness (QED) is 0.630. The Labute approximate surface area is 75.5 Å². The molecule has 1 heteroatoms. The molecule has 0 spiro atoms. The molecule has 1 aliphatic carbocycles. The van der Waals surface area contributed by atoms with Crippen LogP contribution in [-0.4, -0.2) is 5.78 Å². The zero-order chi connectivity index (χ0) is 9.14. The van der Waals surface area contributed by atoms with Crippen LogP contribution in [0.5, 0.6) is 0 Å². The summed E-state index contributed by atoms with van der Waals surface area (Å²) < 4.78 is 0. The first-order valence-electron chi connectivity index (χ1n) is 5.14. The standard InChI is InChI=1S/C11H20O/c1-8(2)9(3)11(12)7-10-5-4-6-10/h8-10H,4-7H2,1-3H3/t9-/m1/s1. The maximum atomic E-state index is 11.6. The molecule has 0 saturated heterocycles. The van der Waals surface area contributed by atoms with Crippen LogP contribution in [0.1, 0.15) is 46.5 Å². The van der Waals surface area contributed by atoms with E-state index in [-0.39, 0.29) is 5.92 Å². The normalized spacial score (nSPS) is 20.7. The van der Waals surface area contributed by atoms with E-state index in [1.807, 2.05) is 0 Å². The maximum absolute atomic E-state index is 11.6. The van der Waals surface area contributed by atoms with Gasteiger partial charge in [0.25, 0.3) is 0 Å². The van der Waals surface area contributed by atoms with Gasteiger partial charge in [-0.2, -0.15) is 0 Å². The second-order valence-corrected chi connectivity index (χ2v) is 4.50. The second-order valence-electron chi connectivity index (χ2n) is 4.50. The van der Waals surface area contributed by atoms with Crippen LogP contribution in [0.2, 0.25) is 0 Å². The summed E-state index contributed by atoms with van der Waals surface area (Å²) in [4.78, 5) is 11.6. The lowest BCUT2D eigenvalue weighted by Crippen LogP contribution is -2.23. The fraction of sp³-hybridized carbons (Fsp3) is 0.909. The van der Waals surface area contributed by atoms with Gasteiger partial charge in [0, 0.05) is 12.3 Å². The number of carbonyl (C=O) groups excluding carboxylic acids is 1. The van der Waals surface area contributed by atoms with Crippen molar-refractivity contribution in [2.75, 3.05) is 0 Å². The molecule has 1 nitrogen and oxygen atoms in total. The number of hydrogen-bond donors (Lipinski definition) is 0. The molecule has 12 heavy (non-hydrogen) atoms. The predicted octanol–water partition coefficient (Wildman–Crippen LogP) is 3.04. The summed E-state index contributed by atoms with van der Waals surface area (Å²) >= 11 is 0. The van der Waals surface area contributed by atoms with Gasteiger partial charge < -0.3 is 0 Å². The Bertz CT molecular complexity index is 156. The SMILES string of the molecule is CC(C)[C@@H](C)C(=O)CC1CCC1. The average molecular weight is 168 g/mol. The van der Waals surface area contributed by atoms with Crippen LogP contribution >= 0.6 is 0 Å². The van der Waals surface area contributed by atoms with Gasteiger partial charge in [0.1, 0.15) is 5.78 Å². The van der Waals surface area contributed by atoms with Crippen molar-refractivity contribution in [2.24, 2.45) is 17.8 Å². The average Bonchev–Trinajstić information content (AvgIpc) is 1.94. The van der Waals surface area contributed by atoms with Crippen molar-refractivity contribution in [2.45, 2.75) is 46.5 Å². The Morgan fingerprint density at radius 2 is 1.92 bits per heavy atom. The fourth-order valence-electron chi connectivity index (χ4n) is 1.54. The van der Waals surface area contributed by atoms with E-state index < -0.39 is 0 Å². The molecule has 0 aromatic heterocycles. The summed E-state index contributed by atoms with van der Waals surface area (Å²) in [5.74, 6) is 2.00. The van der Waals surface area contributed by atoms with E-state index in [1.165, 1.54) is 19.3 Å². The zero-order valence-electron chi connectivity index (χ0n) is 8.47. The number of ketones is 1. The Hall–Kier alpha value is -0.330. The summed E-state index contributed by atoms with van der Waals surface area (Å²) in [7, 11) is 0. The molecule has 0 unspecified atom stereocenters. The highest BCUT2D eigenvalue weighted by Gasteiger charge is 2.24. The predicted molar refractivity (Wildman–Crippen MR) is 51.0 cm³/mol. The van der Waals surface area contributed by atoms with Crippen molar-refractivity contribution in [3.05, 3.63) is 0 Å². The van der Waals surface area contributed by atoms with Gasteiger partial charge in [-0.3, -0.25) is 4.79 Å². The van der Waals surface area contributed by atoms with Crippen LogP contribution in [0.3, 0.4) is 0 Å². The molecule has 0 amide bonds. The van der Waals surface area contributed by atoms with Crippen LogP contribution in [0.15, 0.2) is 0 Å². The zero-order valence-corrected chi connectivity index (χ0v) is 8.47. The maximum Gasteiger partial charge on any atom is 0.136 e. The van der Waals surface area contributed by atoms with Gasteiger partial charge in [-0.25, -0.2) is 0 Å². The van der Waals surface area contributed by atoms with Crippen molar-refractivity contribution in [1.82, 2.24) is 0 Å². The van der Waals surface area contributed by atoms with E-state index in [4.69, 9.17) is 0 Å². The van der Waals surface area contributed by atoms with Gasteiger partial charge in [-0.05, 0) is 11.8 Å². The topological polar surface area (TPSA) is 17.1 Å². The lowest BCUT2D eigenvalue weighted by atomic mass is 9.78. The Morgan fingerprint density at radius 1 is 1.33 bits per heavy atom. The molecule has 0 radical (unpaired) electrons. The second kappa shape index (κ2) is 4.06. The molecule has 0 N–H and O–H groups in total. The first kappa shape index (κ1) is 9.76. The van der Waals surface area contributed by atoms with Crippen molar-refractivity contribution in [1.29, 1.82) is 0 Å². The number of carbonyl (C=O) groups is 1. The summed E-state index contributed by atoms with van der Waals surface area (Å²) in [6, 6.07) is 0. The molecule has 1 rings (SSSR count). The van der Waals surface area contributed by atoms with E-state index in [0.29, 0.717) is 11.7 Å². The Balaban J connectivity index is 2.26. The smallest absolute Gasteiger partial charge is 0.136 e. The first-order chi connectivity index (χ1) is 5.61. The van der Waals surface area contributed by atoms with Crippen LogP contribution in [0, 0.1) is 17.8 Å². The summed E-state index contributed by atoms with van der Waals surface area (Å²) in [6.07, 6.45) is 4.76. The highest BCUT2D eigenvalue weighted by atomic mass is 16.1. The van der Waals surface area contributed by atoms with E-state index >= 15 is 0 Å². The van der Waals surface area contributed by atoms with Gasteiger partial charge in [0.15, 0.2) is 0 Å². The molecule has 0 aliphatic heterocycles. The Kier molecular flexibility index (Phi) is 3.30. The summed E-state index contributed by atoms with van der Waals surface area (Å²) in [5.41, 5.74) is 0. The van der Waals surface area contributed by atoms with E-state index in [2.05, 4.69) is 20.8 Å². The van der Waals surface area contributed by atoms with Crippen molar-refractivity contribution >= 4 is 5.78 Å². The minimum Gasteiger partial charge on any atom is -0.299 e. The van der Waals surface area contributed by atoms with E-state index in [0.717, 1.165) is 12.3 Å². The highest BCUT2D eigenvalue weighted by Crippen LogP contribution is 2.31. The van der Waals surface area contributed by atoms with E-state index in [1.54, 1.807) is 0 Å². The fourth-order valence-corrected chi connectivity index (χ4v) is 1.54. The van der Waals surface area contributed by atoms with Crippen molar-refractivity contribution in [3.63, 3.8) is 0 Å². The largest absolute Gasteiger partial charge is 0.299 e. The molecule has 0 bridgehead atoms. The molecular weight excluding hydrogens is 148 g/mol. The van der Waals surface area contributed by atoms with Gasteiger partial charge >= 0.3 is 0 Å². The molecule has 70 valence electrons. The van der Waals surface area contributed by atoms with Gasteiger partial charge in [0.2, 0.25) is 0 Å². The third kappa shape index (κ3) is 2.33. The number of Topliss-reactive ketones (excluding diaryl/α,β-unsaturated/α-hetero) is 1. The molecule has 1 atom stereocenters. The first-order valence-corrected chi connectivity index (χ1v) is 5.14. The number of rotatable bonds is 4. The van der Waals surface area contributed by atoms with E-state index in [9.17, 15) is 4.79 Å². The lowest BCUT2D eigenvalue weighted by molar-refractivity contribution is -0.125. The third-order valence-corrected chi connectivity index (χ3v) is 3.22. The lowest BCUT2D eigenvalue weighted by Gasteiger charge is -2.26. The van der Waals surface area contributed by atoms with Crippen LogP contribution in [-0.2, 0) is 4.79 Å². The molecular formula is C11H20O. The van der Waals surface area contributed by atoms with Crippen LogP contribution in [0.4, 0.5) is 0 Å². The minimum absolute atomic E-state index is 0.269. The van der Waals surface area contributed by atoms with Gasteiger partial charge in [-0.15, -0.1) is 0 Å². The van der Waals surface area contributed by atoms with Crippen molar-refractivity contribution in [3.8, 4) is 0 Å². The molecule has 1 aliphatic rings. The van der Waals surface area contributed by atoms with Crippen molar-refractivity contribution < 1.29 is 4.79 Å². The van der Waals surface area contributed by atoms with Crippen LogP contribution < -0.4 is 0 Å². The number of hydrogen-bond acceptors (Lipinski definition) is 1. The van der Waals surface area contributed by atoms with Gasteiger partial charge in [0.05, 0.1) is 0 Å². The molecule has 1 saturated carbocycles. The van der Waals surface area contributed by atoms with Gasteiger partial charge in [-0.1, -0.05) is 40.0 Å². The molecule has 0 aromatic rings. The molecule has 0 heterocycles. The molecule has 1 fully saturated rings. The molecule has 0 aromatic carbocycles. The van der Waals surface area contributed by atoms with Crippen LogP contribution in [0.25, 0.3) is 0 Å². The summed E-state index contributed by atoms with van der Waals surface area (Å²) in [6.45, 7) is 6.32. The minimum atomic E-state index is 0.269. The third-order valence-electron chi connectivity index (χ3n) is 3.22.